The van der Waals surface area contributed by atoms with E-state index in [-0.39, 0.29) is 0 Å². The van der Waals surface area contributed by atoms with Gasteiger partial charge in [-0.3, -0.25) is 4.98 Å². The van der Waals surface area contributed by atoms with Gasteiger partial charge in [0.25, 0.3) is 0 Å². The van der Waals surface area contributed by atoms with Crippen molar-refractivity contribution in [2.75, 3.05) is 5.32 Å². The van der Waals surface area contributed by atoms with E-state index in [0.717, 1.165) is 29.1 Å². The molecule has 0 atom stereocenters. The zero-order valence-electron chi connectivity index (χ0n) is 18.5. The van der Waals surface area contributed by atoms with Crippen molar-refractivity contribution in [3.63, 3.8) is 0 Å². The van der Waals surface area contributed by atoms with Crippen molar-refractivity contribution >= 4 is 11.5 Å². The van der Waals surface area contributed by atoms with E-state index in [4.69, 9.17) is 4.74 Å². The molecule has 4 heterocycles. The van der Waals surface area contributed by atoms with Crippen LogP contribution < -0.4 is 10.1 Å². The molecule has 0 aliphatic heterocycles. The van der Waals surface area contributed by atoms with Crippen LogP contribution in [-0.2, 0) is 12.8 Å². The van der Waals surface area contributed by atoms with Crippen LogP contribution in [0.15, 0.2) is 79.1 Å². The molecule has 0 amide bonds. The number of anilines is 2. The number of rotatable bonds is 8. The number of tetrazole rings is 1. The Kier molecular flexibility index (Phi) is 6.15. The highest BCUT2D eigenvalue weighted by atomic mass is 16.5. The van der Waals surface area contributed by atoms with E-state index < -0.39 is 0 Å². The van der Waals surface area contributed by atoms with Crippen LogP contribution in [0.2, 0.25) is 0 Å². The summed E-state index contributed by atoms with van der Waals surface area (Å²) in [7, 11) is 0. The van der Waals surface area contributed by atoms with Gasteiger partial charge in [0.05, 0.1) is 5.69 Å². The molecule has 0 bridgehead atoms. The maximum absolute atomic E-state index is 6.20. The molecule has 0 fully saturated rings. The first-order valence-electron chi connectivity index (χ1n) is 10.8. The Labute approximate surface area is 196 Å². The molecule has 168 valence electrons. The second-order valence-corrected chi connectivity index (χ2v) is 7.65. The summed E-state index contributed by atoms with van der Waals surface area (Å²) in [5.41, 5.74) is 4.44. The molecule has 5 aromatic rings. The van der Waals surface area contributed by atoms with Gasteiger partial charge in [0.1, 0.15) is 17.3 Å². The minimum Gasteiger partial charge on any atom is -0.455 e. The Morgan fingerprint density at radius 1 is 0.912 bits per heavy atom. The lowest BCUT2D eigenvalue weighted by atomic mass is 10.1. The average molecular weight is 451 g/mol. The second-order valence-electron chi connectivity index (χ2n) is 7.65. The van der Waals surface area contributed by atoms with Crippen molar-refractivity contribution in [3.05, 3.63) is 96.2 Å². The maximum Gasteiger partial charge on any atom is 0.174 e. The number of ether oxygens (including phenoxy) is 1. The first-order chi connectivity index (χ1) is 16.7. The fourth-order valence-corrected chi connectivity index (χ4v) is 3.48. The summed E-state index contributed by atoms with van der Waals surface area (Å²) >= 11 is 0. The summed E-state index contributed by atoms with van der Waals surface area (Å²) in [5, 5.41) is 17.4. The quantitative estimate of drug-likeness (QED) is 0.350. The van der Waals surface area contributed by atoms with E-state index in [2.05, 4.69) is 53.0 Å². The van der Waals surface area contributed by atoms with Crippen LogP contribution >= 0.6 is 0 Å². The van der Waals surface area contributed by atoms with Crippen molar-refractivity contribution in [2.45, 2.75) is 19.8 Å². The minimum atomic E-state index is 0.630. The van der Waals surface area contributed by atoms with Gasteiger partial charge in [-0.2, -0.15) is 5.21 Å². The number of nitrogens with one attached hydrogen (secondary N) is 2. The van der Waals surface area contributed by atoms with Crippen LogP contribution in [0.25, 0.3) is 11.4 Å². The number of aromatic nitrogens is 7. The summed E-state index contributed by atoms with van der Waals surface area (Å²) in [4.78, 5) is 13.5. The Balaban J connectivity index is 1.32. The van der Waals surface area contributed by atoms with Crippen LogP contribution in [-0.4, -0.2) is 35.6 Å². The van der Waals surface area contributed by atoms with Crippen LogP contribution in [0.3, 0.4) is 0 Å². The molecule has 9 heteroatoms. The lowest BCUT2D eigenvalue weighted by Gasteiger charge is -2.12. The van der Waals surface area contributed by atoms with Gasteiger partial charge in [-0.15, -0.1) is 10.2 Å². The summed E-state index contributed by atoms with van der Waals surface area (Å²) in [6, 6.07) is 21.4. The number of hydrogen-bond acceptors (Lipinski definition) is 8. The number of H-pyrrole nitrogens is 1. The van der Waals surface area contributed by atoms with E-state index >= 15 is 0 Å². The Bertz CT molecular complexity index is 1370. The maximum atomic E-state index is 6.20. The van der Waals surface area contributed by atoms with Gasteiger partial charge in [-0.05, 0) is 61.4 Å². The molecule has 1 aromatic carbocycles. The molecule has 5 rings (SSSR count). The van der Waals surface area contributed by atoms with Crippen LogP contribution in [0.1, 0.15) is 17.1 Å². The molecular formula is C25H22N8O. The third kappa shape index (κ3) is 5.21. The normalized spacial score (nSPS) is 10.7. The van der Waals surface area contributed by atoms with E-state index in [1.54, 1.807) is 12.4 Å². The summed E-state index contributed by atoms with van der Waals surface area (Å²) in [6.07, 6.45) is 4.97. The summed E-state index contributed by atoms with van der Waals surface area (Å²) in [6.45, 7) is 1.95. The van der Waals surface area contributed by atoms with Crippen LogP contribution in [0.5, 0.6) is 11.5 Å². The fraction of sp³-hybridized carbons (Fsp3) is 0.120. The number of aromatic amines is 1. The molecule has 0 spiro atoms. The molecule has 0 aliphatic rings. The Morgan fingerprint density at radius 2 is 1.88 bits per heavy atom. The number of pyridine rings is 3. The second kappa shape index (κ2) is 9.86. The molecule has 0 saturated heterocycles. The van der Waals surface area contributed by atoms with Gasteiger partial charge in [-0.1, -0.05) is 23.4 Å². The van der Waals surface area contributed by atoms with E-state index in [0.29, 0.717) is 35.3 Å². The molecule has 2 N–H and O–H groups in total. The number of benzene rings is 1. The lowest BCUT2D eigenvalue weighted by Crippen LogP contribution is -1.98. The molecule has 0 aliphatic carbocycles. The Morgan fingerprint density at radius 3 is 2.74 bits per heavy atom. The van der Waals surface area contributed by atoms with Crippen LogP contribution in [0, 0.1) is 6.92 Å². The van der Waals surface area contributed by atoms with Gasteiger partial charge in [-0.25, -0.2) is 9.97 Å². The zero-order valence-corrected chi connectivity index (χ0v) is 18.5. The summed E-state index contributed by atoms with van der Waals surface area (Å²) < 4.78 is 6.20. The summed E-state index contributed by atoms with van der Waals surface area (Å²) in [5.74, 6) is 2.64. The largest absolute Gasteiger partial charge is 0.455 e. The predicted molar refractivity (Wildman–Crippen MR) is 128 cm³/mol. The van der Waals surface area contributed by atoms with Crippen molar-refractivity contribution in [1.29, 1.82) is 0 Å². The van der Waals surface area contributed by atoms with Crippen LogP contribution in [0.4, 0.5) is 11.5 Å². The number of nitrogens with zero attached hydrogens (tertiary/aromatic N) is 6. The zero-order chi connectivity index (χ0) is 23.2. The highest BCUT2D eigenvalue weighted by Crippen LogP contribution is 2.32. The molecule has 34 heavy (non-hydrogen) atoms. The van der Waals surface area contributed by atoms with Crippen molar-refractivity contribution in [2.24, 2.45) is 0 Å². The molecule has 0 saturated carbocycles. The fourth-order valence-electron chi connectivity index (χ4n) is 3.48. The predicted octanol–water partition coefficient (Wildman–Crippen LogP) is 4.68. The topological polar surface area (TPSA) is 114 Å². The highest BCUT2D eigenvalue weighted by Gasteiger charge is 2.11. The standard InChI is InChI=1S/C25H22N8O/c1-17-8-10-22(25(28-17)21-7-2-3-13-26-21)34-20-12-14-27-24(16-20)29-19-6-4-5-18(15-19)9-11-23-30-32-33-31-23/h2-8,10,12-16H,9,11H2,1H3,(H,27,29)(H,30,31,32,33). The van der Waals surface area contributed by atoms with Crippen molar-refractivity contribution in [3.8, 4) is 22.9 Å². The van der Waals surface area contributed by atoms with E-state index in [1.807, 2.05) is 61.5 Å². The molecule has 4 aromatic heterocycles. The number of aryl methyl sites for hydroxylation is 3. The van der Waals surface area contributed by atoms with Gasteiger partial charge in [0.2, 0.25) is 0 Å². The van der Waals surface area contributed by atoms with Gasteiger partial charge < -0.3 is 10.1 Å². The number of hydrogen-bond donors (Lipinski definition) is 2. The molecular weight excluding hydrogens is 428 g/mol. The third-order valence-electron chi connectivity index (χ3n) is 5.09. The monoisotopic (exact) mass is 450 g/mol. The Hall–Kier alpha value is -4.66. The SMILES string of the molecule is Cc1ccc(Oc2ccnc(Nc3cccc(CCc4nn[nH]n4)c3)c2)c(-c2ccccn2)n1. The van der Waals surface area contributed by atoms with E-state index in [1.165, 1.54) is 0 Å². The van der Waals surface area contributed by atoms with Gasteiger partial charge in [0, 0.05) is 36.3 Å². The first kappa shape index (κ1) is 21.2. The average Bonchev–Trinajstić information content (AvgIpc) is 3.39. The van der Waals surface area contributed by atoms with Gasteiger partial charge >= 0.3 is 0 Å². The van der Waals surface area contributed by atoms with Gasteiger partial charge in [0.15, 0.2) is 11.6 Å². The molecule has 0 radical (unpaired) electrons. The molecule has 9 nitrogen and oxygen atoms in total. The first-order valence-corrected chi connectivity index (χ1v) is 10.8. The smallest absolute Gasteiger partial charge is 0.174 e. The highest BCUT2D eigenvalue weighted by molar-refractivity contribution is 5.64. The minimum absolute atomic E-state index is 0.630. The molecule has 0 unspecified atom stereocenters. The lowest BCUT2D eigenvalue weighted by molar-refractivity contribution is 0.481. The third-order valence-corrected chi connectivity index (χ3v) is 5.09. The van der Waals surface area contributed by atoms with E-state index in [9.17, 15) is 0 Å². The van der Waals surface area contributed by atoms with Crippen molar-refractivity contribution < 1.29 is 4.74 Å². The van der Waals surface area contributed by atoms with Crippen molar-refractivity contribution in [1.82, 2.24) is 35.6 Å².